The van der Waals surface area contributed by atoms with Crippen molar-refractivity contribution in [2.75, 3.05) is 10.8 Å². The number of sulfonamides is 1. The van der Waals surface area contributed by atoms with E-state index in [-0.39, 0.29) is 45.2 Å². The van der Waals surface area contributed by atoms with Crippen LogP contribution in [0.5, 0.6) is 0 Å². The average Bonchev–Trinajstić information content (AvgIpc) is 3.57. The first-order valence-electron chi connectivity index (χ1n) is 15.0. The molecule has 1 N–H and O–H groups in total. The molecule has 0 saturated heterocycles. The number of halogens is 3. The fourth-order valence-electron chi connectivity index (χ4n) is 5.65. The number of rotatable bonds is 12. The van der Waals surface area contributed by atoms with E-state index in [9.17, 15) is 18.0 Å². The number of hydrogen-bond acceptors (Lipinski definition) is 4. The van der Waals surface area contributed by atoms with Gasteiger partial charge in [-0.05, 0) is 48.7 Å². The van der Waals surface area contributed by atoms with E-state index in [1.165, 1.54) is 53.4 Å². The fourth-order valence-corrected chi connectivity index (χ4v) is 7.54. The van der Waals surface area contributed by atoms with Crippen LogP contribution in [0.4, 0.5) is 10.1 Å². The van der Waals surface area contributed by atoms with Gasteiger partial charge in [0.1, 0.15) is 18.4 Å². The van der Waals surface area contributed by atoms with Crippen LogP contribution in [0, 0.1) is 5.82 Å². The SMILES string of the molecule is O=C(NC1CCCC1)C(Cc1ccccc1)N(Cc1ccccc1F)C(=O)CN(c1cccc(Cl)c1Cl)S(=O)(=O)c1ccccc1. The number of carbonyl (C=O) groups excluding carboxylic acids is 2. The van der Waals surface area contributed by atoms with Gasteiger partial charge in [0.2, 0.25) is 11.8 Å². The van der Waals surface area contributed by atoms with Crippen molar-refractivity contribution >= 4 is 50.7 Å². The van der Waals surface area contributed by atoms with Gasteiger partial charge in [0.25, 0.3) is 10.0 Å². The van der Waals surface area contributed by atoms with Crippen molar-refractivity contribution in [3.8, 4) is 0 Å². The Morgan fingerprint density at radius 3 is 2.15 bits per heavy atom. The molecule has 4 aromatic rings. The largest absolute Gasteiger partial charge is 0.352 e. The summed E-state index contributed by atoms with van der Waals surface area (Å²) in [6.07, 6.45) is 3.74. The smallest absolute Gasteiger partial charge is 0.264 e. The third-order valence-corrected chi connectivity index (χ3v) is 10.7. The minimum absolute atomic E-state index is 0.00720. The van der Waals surface area contributed by atoms with E-state index in [0.29, 0.717) is 0 Å². The zero-order chi connectivity index (χ0) is 32.7. The topological polar surface area (TPSA) is 86.8 Å². The van der Waals surface area contributed by atoms with E-state index in [2.05, 4.69) is 5.32 Å². The molecule has 1 fully saturated rings. The standard InChI is InChI=1S/C35H34Cl2FN3O4S/c36-29-19-11-21-31(34(29)37)41(46(44,45)28-17-5-2-6-18-28)24-33(42)40(23-26-14-7-10-20-30(26)38)32(22-25-12-3-1-4-13-25)35(43)39-27-15-8-9-16-27/h1-7,10-14,17-21,27,32H,8-9,15-16,22-24H2,(H,39,43). The molecule has 0 heterocycles. The van der Waals surface area contributed by atoms with Gasteiger partial charge in [0, 0.05) is 24.6 Å². The minimum Gasteiger partial charge on any atom is -0.352 e. The van der Waals surface area contributed by atoms with Crippen molar-refractivity contribution in [1.29, 1.82) is 0 Å². The maximum atomic E-state index is 15.1. The van der Waals surface area contributed by atoms with Crippen molar-refractivity contribution in [3.63, 3.8) is 0 Å². The molecule has 1 aliphatic rings. The molecule has 11 heteroatoms. The summed E-state index contributed by atoms with van der Waals surface area (Å²) < 4.78 is 44.2. The molecule has 0 radical (unpaired) electrons. The molecular weight excluding hydrogens is 648 g/mol. The van der Waals surface area contributed by atoms with Gasteiger partial charge in [-0.1, -0.05) is 109 Å². The number of nitrogens with zero attached hydrogens (tertiary/aromatic N) is 2. The van der Waals surface area contributed by atoms with E-state index in [1.54, 1.807) is 24.3 Å². The van der Waals surface area contributed by atoms with E-state index in [1.807, 2.05) is 30.3 Å². The molecule has 0 aliphatic heterocycles. The third kappa shape index (κ3) is 7.89. The quantitative estimate of drug-likeness (QED) is 0.174. The van der Waals surface area contributed by atoms with Gasteiger partial charge in [-0.15, -0.1) is 0 Å². The second-order valence-corrected chi connectivity index (χ2v) is 13.9. The first-order valence-corrected chi connectivity index (χ1v) is 17.2. The number of carbonyl (C=O) groups is 2. The van der Waals surface area contributed by atoms with Crippen LogP contribution in [0.3, 0.4) is 0 Å². The summed E-state index contributed by atoms with van der Waals surface area (Å²) in [4.78, 5) is 29.8. The molecular formula is C35H34Cl2FN3O4S. The van der Waals surface area contributed by atoms with E-state index in [0.717, 1.165) is 35.6 Å². The molecule has 1 saturated carbocycles. The first kappa shape index (κ1) is 33.4. The van der Waals surface area contributed by atoms with Gasteiger partial charge in [0.15, 0.2) is 0 Å². The average molecular weight is 683 g/mol. The first-order chi connectivity index (χ1) is 22.1. The van der Waals surface area contributed by atoms with Gasteiger partial charge < -0.3 is 10.2 Å². The zero-order valence-electron chi connectivity index (χ0n) is 25.0. The maximum Gasteiger partial charge on any atom is 0.264 e. The van der Waals surface area contributed by atoms with Crippen LogP contribution in [0.25, 0.3) is 0 Å². The van der Waals surface area contributed by atoms with Crippen LogP contribution in [-0.2, 0) is 32.6 Å². The summed E-state index contributed by atoms with van der Waals surface area (Å²) in [6, 6.07) is 26.2. The number of amides is 2. The van der Waals surface area contributed by atoms with Crippen molar-refractivity contribution in [3.05, 3.63) is 130 Å². The highest BCUT2D eigenvalue weighted by molar-refractivity contribution is 7.92. The van der Waals surface area contributed by atoms with Crippen LogP contribution >= 0.6 is 23.2 Å². The summed E-state index contributed by atoms with van der Waals surface area (Å²) >= 11 is 12.8. The Kier molecular flexibility index (Phi) is 11.0. The third-order valence-electron chi connectivity index (χ3n) is 8.08. The van der Waals surface area contributed by atoms with Gasteiger partial charge in [-0.3, -0.25) is 13.9 Å². The molecule has 1 aliphatic carbocycles. The van der Waals surface area contributed by atoms with Crippen molar-refractivity contribution in [2.45, 2.75) is 55.6 Å². The molecule has 46 heavy (non-hydrogen) atoms. The highest BCUT2D eigenvalue weighted by Gasteiger charge is 2.36. The molecule has 1 atom stereocenters. The van der Waals surface area contributed by atoms with Crippen LogP contribution in [0.1, 0.15) is 36.8 Å². The number of hydrogen-bond donors (Lipinski definition) is 1. The highest BCUT2D eigenvalue weighted by atomic mass is 35.5. The summed E-state index contributed by atoms with van der Waals surface area (Å²) in [5.74, 6) is -1.67. The van der Waals surface area contributed by atoms with Crippen LogP contribution < -0.4 is 9.62 Å². The van der Waals surface area contributed by atoms with Gasteiger partial charge >= 0.3 is 0 Å². The minimum atomic E-state index is -4.36. The molecule has 4 aromatic carbocycles. The fraction of sp³-hybridized carbons (Fsp3) is 0.257. The lowest BCUT2D eigenvalue weighted by molar-refractivity contribution is -0.140. The van der Waals surface area contributed by atoms with Crippen molar-refractivity contribution in [2.24, 2.45) is 0 Å². The lowest BCUT2D eigenvalue weighted by atomic mass is 10.0. The predicted molar refractivity (Wildman–Crippen MR) is 179 cm³/mol. The van der Waals surface area contributed by atoms with Gasteiger partial charge in [0.05, 0.1) is 20.6 Å². The predicted octanol–water partition coefficient (Wildman–Crippen LogP) is 7.03. The van der Waals surface area contributed by atoms with Gasteiger partial charge in [-0.2, -0.15) is 0 Å². The summed E-state index contributed by atoms with van der Waals surface area (Å²) in [5.41, 5.74) is 0.958. The molecule has 1 unspecified atom stereocenters. The normalized spacial score (nSPS) is 14.1. The Labute approximate surface area is 279 Å². The number of benzene rings is 4. The Morgan fingerprint density at radius 1 is 0.848 bits per heavy atom. The van der Waals surface area contributed by atoms with Crippen LogP contribution in [0.15, 0.2) is 108 Å². The molecule has 0 bridgehead atoms. The molecule has 0 spiro atoms. The number of nitrogens with one attached hydrogen (secondary N) is 1. The Hall–Kier alpha value is -3.92. The molecule has 240 valence electrons. The summed E-state index contributed by atoms with van der Waals surface area (Å²) in [6.45, 7) is -1.00. The van der Waals surface area contributed by atoms with Crippen LogP contribution in [0.2, 0.25) is 10.0 Å². The zero-order valence-corrected chi connectivity index (χ0v) is 27.3. The van der Waals surface area contributed by atoms with E-state index >= 15 is 4.39 Å². The maximum absolute atomic E-state index is 15.1. The van der Waals surface area contributed by atoms with Crippen molar-refractivity contribution < 1.29 is 22.4 Å². The Bertz CT molecular complexity index is 1770. The molecule has 0 aromatic heterocycles. The lowest BCUT2D eigenvalue weighted by Crippen LogP contribution is -2.54. The van der Waals surface area contributed by atoms with Crippen LogP contribution in [-0.4, -0.2) is 43.8 Å². The second kappa shape index (κ2) is 15.1. The van der Waals surface area contributed by atoms with E-state index in [4.69, 9.17) is 23.2 Å². The second-order valence-electron chi connectivity index (χ2n) is 11.2. The monoisotopic (exact) mass is 681 g/mol. The van der Waals surface area contributed by atoms with Gasteiger partial charge in [-0.25, -0.2) is 12.8 Å². The lowest BCUT2D eigenvalue weighted by Gasteiger charge is -2.34. The highest BCUT2D eigenvalue weighted by Crippen LogP contribution is 2.35. The summed E-state index contributed by atoms with van der Waals surface area (Å²) in [5, 5.41) is 3.14. The molecule has 5 rings (SSSR count). The summed E-state index contributed by atoms with van der Waals surface area (Å²) in [7, 11) is -4.36. The Balaban J connectivity index is 1.59. The van der Waals surface area contributed by atoms with E-state index < -0.39 is 40.2 Å². The molecule has 2 amide bonds. The van der Waals surface area contributed by atoms with Crippen molar-refractivity contribution in [1.82, 2.24) is 10.2 Å². The number of anilines is 1. The molecule has 7 nitrogen and oxygen atoms in total. The Morgan fingerprint density at radius 2 is 1.48 bits per heavy atom.